The van der Waals surface area contributed by atoms with Crippen molar-refractivity contribution in [3.05, 3.63) is 0 Å². The van der Waals surface area contributed by atoms with Crippen LogP contribution in [0.5, 0.6) is 0 Å². The number of ether oxygens (including phenoxy) is 1. The number of likely N-dealkylation sites (tertiary alicyclic amines) is 1. The molecule has 0 aromatic rings. The molecule has 2 heterocycles. The van der Waals surface area contributed by atoms with E-state index in [9.17, 15) is 9.59 Å². The van der Waals surface area contributed by atoms with Crippen LogP contribution in [0.15, 0.2) is 0 Å². The highest BCUT2D eigenvalue weighted by Crippen LogP contribution is 2.29. The summed E-state index contributed by atoms with van der Waals surface area (Å²) in [7, 11) is 0. The van der Waals surface area contributed by atoms with Gasteiger partial charge in [-0.2, -0.15) is 0 Å². The number of amides is 2. The molecule has 0 aromatic carbocycles. The predicted octanol–water partition coefficient (Wildman–Crippen LogP) is 1.80. The standard InChI is InChI=1S/C17H28N2O3/c1-13-12-18(10-11-22-13)17(21)15-8-5-9-19(15)16(20)14-6-3-2-4-7-14/h13-15H,2-12H2,1H3/t13-,15+/m0/s1. The number of hydrogen-bond acceptors (Lipinski definition) is 3. The Hall–Kier alpha value is -1.10. The van der Waals surface area contributed by atoms with Crippen molar-refractivity contribution in [2.75, 3.05) is 26.2 Å². The molecule has 2 amide bonds. The maximum absolute atomic E-state index is 12.8. The second-order valence-corrected chi connectivity index (χ2v) is 6.99. The van der Waals surface area contributed by atoms with E-state index in [1.54, 1.807) is 0 Å². The third-order valence-electron chi connectivity index (χ3n) is 5.33. The predicted molar refractivity (Wildman–Crippen MR) is 83.3 cm³/mol. The zero-order chi connectivity index (χ0) is 15.5. The lowest BCUT2D eigenvalue weighted by molar-refractivity contribution is -0.150. The average molecular weight is 308 g/mol. The van der Waals surface area contributed by atoms with Crippen LogP contribution >= 0.6 is 0 Å². The van der Waals surface area contributed by atoms with E-state index in [1.165, 1.54) is 6.42 Å². The molecule has 3 rings (SSSR count). The van der Waals surface area contributed by atoms with Gasteiger partial charge in [0.05, 0.1) is 12.7 Å². The van der Waals surface area contributed by atoms with Crippen molar-refractivity contribution in [3.8, 4) is 0 Å². The molecule has 2 aliphatic heterocycles. The van der Waals surface area contributed by atoms with Gasteiger partial charge >= 0.3 is 0 Å². The van der Waals surface area contributed by atoms with E-state index in [2.05, 4.69) is 0 Å². The Morgan fingerprint density at radius 1 is 0.955 bits per heavy atom. The summed E-state index contributed by atoms with van der Waals surface area (Å²) in [6.45, 7) is 4.67. The summed E-state index contributed by atoms with van der Waals surface area (Å²) in [6.07, 6.45) is 7.44. The molecule has 0 unspecified atom stereocenters. The minimum absolute atomic E-state index is 0.0987. The Kier molecular flexibility index (Phi) is 5.01. The van der Waals surface area contributed by atoms with Gasteiger partial charge in [-0.25, -0.2) is 0 Å². The summed E-state index contributed by atoms with van der Waals surface area (Å²) in [5.74, 6) is 0.527. The Morgan fingerprint density at radius 2 is 1.73 bits per heavy atom. The summed E-state index contributed by atoms with van der Waals surface area (Å²) in [4.78, 5) is 29.4. The first-order valence-corrected chi connectivity index (χ1v) is 8.87. The topological polar surface area (TPSA) is 49.9 Å². The maximum Gasteiger partial charge on any atom is 0.245 e. The van der Waals surface area contributed by atoms with Gasteiger partial charge in [0.2, 0.25) is 11.8 Å². The lowest BCUT2D eigenvalue weighted by Crippen LogP contribution is -2.53. The third-order valence-corrected chi connectivity index (χ3v) is 5.33. The number of carbonyl (C=O) groups is 2. The SMILES string of the molecule is C[C@H]1CN(C(=O)[C@H]2CCCN2C(=O)C2CCCCC2)CCO1. The fourth-order valence-electron chi connectivity index (χ4n) is 4.10. The van der Waals surface area contributed by atoms with Gasteiger partial charge in [-0.1, -0.05) is 19.3 Å². The Bertz CT molecular complexity index is 420. The number of carbonyl (C=O) groups excluding carboxylic acids is 2. The second kappa shape index (κ2) is 6.99. The molecule has 3 fully saturated rings. The lowest BCUT2D eigenvalue weighted by Gasteiger charge is -2.36. The van der Waals surface area contributed by atoms with Crippen LogP contribution in [0, 0.1) is 5.92 Å². The van der Waals surface area contributed by atoms with Gasteiger partial charge in [-0.15, -0.1) is 0 Å². The van der Waals surface area contributed by atoms with Crippen molar-refractivity contribution >= 4 is 11.8 Å². The van der Waals surface area contributed by atoms with E-state index in [0.29, 0.717) is 19.7 Å². The van der Waals surface area contributed by atoms with Gasteiger partial charge < -0.3 is 14.5 Å². The Labute approximate surface area is 133 Å². The van der Waals surface area contributed by atoms with Crippen LogP contribution in [0.4, 0.5) is 0 Å². The third kappa shape index (κ3) is 3.29. The molecule has 0 bridgehead atoms. The van der Waals surface area contributed by atoms with Crippen molar-refractivity contribution < 1.29 is 14.3 Å². The first kappa shape index (κ1) is 15.8. The summed E-state index contributed by atoms with van der Waals surface area (Å²) >= 11 is 0. The number of rotatable bonds is 2. The van der Waals surface area contributed by atoms with E-state index >= 15 is 0 Å². The highest BCUT2D eigenvalue weighted by Gasteiger charge is 2.39. The number of nitrogens with zero attached hydrogens (tertiary/aromatic N) is 2. The van der Waals surface area contributed by atoms with Crippen LogP contribution in [0.1, 0.15) is 51.9 Å². The molecule has 22 heavy (non-hydrogen) atoms. The van der Waals surface area contributed by atoms with Gasteiger partial charge in [0, 0.05) is 25.6 Å². The molecule has 0 aromatic heterocycles. The van der Waals surface area contributed by atoms with E-state index in [0.717, 1.165) is 45.1 Å². The van der Waals surface area contributed by atoms with Crippen LogP contribution in [0.3, 0.4) is 0 Å². The molecular formula is C17H28N2O3. The van der Waals surface area contributed by atoms with E-state index < -0.39 is 0 Å². The van der Waals surface area contributed by atoms with Crippen molar-refractivity contribution in [1.29, 1.82) is 0 Å². The molecule has 1 aliphatic carbocycles. The second-order valence-electron chi connectivity index (χ2n) is 6.99. The smallest absolute Gasteiger partial charge is 0.245 e. The molecule has 2 atom stereocenters. The van der Waals surface area contributed by atoms with Crippen molar-refractivity contribution in [1.82, 2.24) is 9.80 Å². The number of hydrogen-bond donors (Lipinski definition) is 0. The average Bonchev–Trinajstić information content (AvgIpc) is 3.04. The van der Waals surface area contributed by atoms with E-state index in [4.69, 9.17) is 4.74 Å². The van der Waals surface area contributed by atoms with Crippen LogP contribution in [-0.2, 0) is 14.3 Å². The van der Waals surface area contributed by atoms with E-state index in [-0.39, 0.29) is 29.9 Å². The van der Waals surface area contributed by atoms with Gasteiger partial charge in [-0.05, 0) is 32.6 Å². The minimum atomic E-state index is -0.222. The number of morpholine rings is 1. The molecule has 3 aliphatic rings. The van der Waals surface area contributed by atoms with Gasteiger partial charge in [0.15, 0.2) is 0 Å². The molecule has 0 N–H and O–H groups in total. The lowest BCUT2D eigenvalue weighted by atomic mass is 9.88. The molecular weight excluding hydrogens is 280 g/mol. The molecule has 1 saturated carbocycles. The summed E-state index contributed by atoms with van der Waals surface area (Å²) in [6, 6.07) is -0.222. The fourth-order valence-corrected chi connectivity index (χ4v) is 4.10. The highest BCUT2D eigenvalue weighted by molar-refractivity contribution is 5.89. The van der Waals surface area contributed by atoms with Crippen LogP contribution in [0.2, 0.25) is 0 Å². The summed E-state index contributed by atoms with van der Waals surface area (Å²) < 4.78 is 5.52. The first-order chi connectivity index (χ1) is 10.7. The van der Waals surface area contributed by atoms with Gasteiger partial charge in [0.25, 0.3) is 0 Å². The molecule has 124 valence electrons. The highest BCUT2D eigenvalue weighted by atomic mass is 16.5. The van der Waals surface area contributed by atoms with Crippen LogP contribution in [0.25, 0.3) is 0 Å². The zero-order valence-corrected chi connectivity index (χ0v) is 13.6. The molecule has 0 radical (unpaired) electrons. The summed E-state index contributed by atoms with van der Waals surface area (Å²) in [5.41, 5.74) is 0. The molecule has 2 saturated heterocycles. The zero-order valence-electron chi connectivity index (χ0n) is 13.6. The van der Waals surface area contributed by atoms with Gasteiger partial charge in [0.1, 0.15) is 6.04 Å². The van der Waals surface area contributed by atoms with Crippen molar-refractivity contribution in [3.63, 3.8) is 0 Å². The molecule has 5 nitrogen and oxygen atoms in total. The summed E-state index contributed by atoms with van der Waals surface area (Å²) in [5, 5.41) is 0. The van der Waals surface area contributed by atoms with Crippen LogP contribution in [-0.4, -0.2) is 60.0 Å². The molecule has 0 spiro atoms. The monoisotopic (exact) mass is 308 g/mol. The largest absolute Gasteiger partial charge is 0.375 e. The van der Waals surface area contributed by atoms with Crippen molar-refractivity contribution in [2.45, 2.75) is 64.0 Å². The van der Waals surface area contributed by atoms with Gasteiger partial charge in [-0.3, -0.25) is 9.59 Å². The van der Waals surface area contributed by atoms with Crippen LogP contribution < -0.4 is 0 Å². The first-order valence-electron chi connectivity index (χ1n) is 8.87. The molecule has 5 heteroatoms. The Morgan fingerprint density at radius 3 is 2.45 bits per heavy atom. The fraction of sp³-hybridized carbons (Fsp3) is 0.882. The van der Waals surface area contributed by atoms with E-state index in [1.807, 2.05) is 16.7 Å². The minimum Gasteiger partial charge on any atom is -0.375 e. The maximum atomic E-state index is 12.8. The normalized spacial score (nSPS) is 30.6. The van der Waals surface area contributed by atoms with Crippen molar-refractivity contribution in [2.24, 2.45) is 5.92 Å². The Balaban J connectivity index is 1.64. The quantitative estimate of drug-likeness (QED) is 0.781.